The van der Waals surface area contributed by atoms with E-state index in [-0.39, 0.29) is 11.7 Å². The van der Waals surface area contributed by atoms with Crippen molar-refractivity contribution < 1.29 is 27.5 Å². The van der Waals surface area contributed by atoms with Gasteiger partial charge in [0.1, 0.15) is 6.23 Å². The van der Waals surface area contributed by atoms with Gasteiger partial charge in [0.2, 0.25) is 5.91 Å². The minimum Gasteiger partial charge on any atom is -0.355 e. The lowest BCUT2D eigenvalue weighted by Gasteiger charge is -2.28. The first-order valence-corrected chi connectivity index (χ1v) is 9.68. The zero-order valence-corrected chi connectivity index (χ0v) is 17.3. The summed E-state index contributed by atoms with van der Waals surface area (Å²) in [5.41, 5.74) is 1.22. The largest absolute Gasteiger partial charge is 0.471 e. The minimum atomic E-state index is -5.02. The number of nitrogens with one attached hydrogen (secondary N) is 2. The zero-order valence-electron chi connectivity index (χ0n) is 16.5. The van der Waals surface area contributed by atoms with E-state index < -0.39 is 30.8 Å². The van der Waals surface area contributed by atoms with Crippen molar-refractivity contribution in [2.45, 2.75) is 58.5 Å². The standard InChI is InChI=1S/C18H28F3N3O3S/c1-5-11(2)12(3)14-6-7-15(27-14)24(10-28)9-13(16(25)22-4)8-23-17(26)18(19,20)21/h9-12,14-15H,5-8H2,1-4H3,(H,22,25)(H,23,26)/b13-9-/t11?,12?,14?,15-/m1/s1. The Balaban J connectivity index is 2.88. The Kier molecular flexibility index (Phi) is 9.35. The highest BCUT2D eigenvalue weighted by Crippen LogP contribution is 2.32. The van der Waals surface area contributed by atoms with Gasteiger partial charge in [0.25, 0.3) is 0 Å². The summed E-state index contributed by atoms with van der Waals surface area (Å²) in [7, 11) is 1.35. The van der Waals surface area contributed by atoms with Crippen molar-refractivity contribution in [1.29, 1.82) is 0 Å². The number of halogens is 3. The van der Waals surface area contributed by atoms with Gasteiger partial charge in [0, 0.05) is 19.8 Å². The van der Waals surface area contributed by atoms with Gasteiger partial charge < -0.3 is 20.3 Å². The molecular weight excluding hydrogens is 395 g/mol. The summed E-state index contributed by atoms with van der Waals surface area (Å²) in [6.45, 7) is 5.81. The fraction of sp³-hybridized carbons (Fsp3) is 0.722. The molecule has 0 bridgehead atoms. The monoisotopic (exact) mass is 423 g/mol. The highest BCUT2D eigenvalue weighted by Gasteiger charge is 2.39. The van der Waals surface area contributed by atoms with Crippen molar-refractivity contribution >= 4 is 29.5 Å². The number of hydrogen-bond acceptors (Lipinski definition) is 4. The van der Waals surface area contributed by atoms with Crippen LogP contribution in [-0.4, -0.2) is 54.3 Å². The second-order valence-corrected chi connectivity index (χ2v) is 7.13. The first kappa shape index (κ1) is 24.4. The Morgan fingerprint density at radius 1 is 1.32 bits per heavy atom. The van der Waals surface area contributed by atoms with Gasteiger partial charge in [-0.15, -0.1) is 0 Å². The molecule has 2 N–H and O–H groups in total. The van der Waals surface area contributed by atoms with Gasteiger partial charge >= 0.3 is 12.1 Å². The van der Waals surface area contributed by atoms with E-state index >= 15 is 0 Å². The van der Waals surface area contributed by atoms with Crippen LogP contribution in [0.4, 0.5) is 13.2 Å². The van der Waals surface area contributed by atoms with Crippen molar-refractivity contribution in [3.63, 3.8) is 0 Å². The molecule has 160 valence electrons. The third-order valence-electron chi connectivity index (χ3n) is 5.13. The zero-order chi connectivity index (χ0) is 21.5. The lowest BCUT2D eigenvalue weighted by Crippen LogP contribution is -2.40. The maximum atomic E-state index is 12.4. The predicted molar refractivity (Wildman–Crippen MR) is 103 cm³/mol. The van der Waals surface area contributed by atoms with E-state index in [1.165, 1.54) is 23.6 Å². The Morgan fingerprint density at radius 2 is 1.96 bits per heavy atom. The number of amides is 2. The van der Waals surface area contributed by atoms with E-state index in [0.717, 1.165) is 12.8 Å². The maximum Gasteiger partial charge on any atom is 0.471 e. The summed E-state index contributed by atoms with van der Waals surface area (Å²) < 4.78 is 43.2. The molecule has 1 aliphatic heterocycles. The Hall–Kier alpha value is -1.68. The maximum absolute atomic E-state index is 12.4. The number of ether oxygens (including phenoxy) is 1. The van der Waals surface area contributed by atoms with Crippen molar-refractivity contribution in [3.05, 3.63) is 11.8 Å². The number of alkyl halides is 3. The molecule has 1 fully saturated rings. The minimum absolute atomic E-state index is 0.0409. The molecule has 10 heteroatoms. The van der Waals surface area contributed by atoms with Crippen molar-refractivity contribution in [1.82, 2.24) is 15.5 Å². The van der Waals surface area contributed by atoms with Crippen LogP contribution in [0, 0.1) is 11.8 Å². The molecule has 1 saturated heterocycles. The first-order valence-electron chi connectivity index (χ1n) is 9.21. The fourth-order valence-electron chi connectivity index (χ4n) is 2.97. The number of likely N-dealkylation sites (N-methyl/N-ethyl adjacent to an activating group) is 1. The molecule has 1 aliphatic rings. The predicted octanol–water partition coefficient (Wildman–Crippen LogP) is 2.74. The lowest BCUT2D eigenvalue weighted by molar-refractivity contribution is -0.173. The summed E-state index contributed by atoms with van der Waals surface area (Å²) in [6.07, 6.45) is -1.54. The Bertz CT molecular complexity index is 598. The number of hydrogen-bond donors (Lipinski definition) is 2. The molecule has 1 rings (SSSR count). The van der Waals surface area contributed by atoms with Crippen molar-refractivity contribution in [2.75, 3.05) is 13.6 Å². The lowest BCUT2D eigenvalue weighted by atomic mass is 9.88. The van der Waals surface area contributed by atoms with Crippen LogP contribution in [0.15, 0.2) is 11.8 Å². The summed E-state index contributed by atoms with van der Waals surface area (Å²) in [6, 6.07) is 0. The second-order valence-electron chi connectivity index (χ2n) is 6.92. The molecule has 0 radical (unpaired) electrons. The van der Waals surface area contributed by atoms with Gasteiger partial charge in [-0.25, -0.2) is 0 Å². The van der Waals surface area contributed by atoms with Crippen LogP contribution in [0.1, 0.15) is 40.0 Å². The van der Waals surface area contributed by atoms with Crippen molar-refractivity contribution in [2.24, 2.45) is 11.8 Å². The number of carbonyl (C=O) groups excluding carboxylic acids is 2. The SMILES string of the molecule is CCC(C)C(C)C1CC[C@H](N(C=S)/C=C(/CNC(=O)C(F)(F)F)C(=O)NC)O1. The smallest absolute Gasteiger partial charge is 0.355 e. The topological polar surface area (TPSA) is 70.7 Å². The van der Waals surface area contributed by atoms with Crippen molar-refractivity contribution in [3.8, 4) is 0 Å². The van der Waals surface area contributed by atoms with Crippen LogP contribution in [0.25, 0.3) is 0 Å². The summed E-state index contributed by atoms with van der Waals surface area (Å²) in [5, 5.41) is 4.04. The Labute approximate surface area is 168 Å². The molecule has 4 atom stereocenters. The number of rotatable bonds is 9. The number of carbonyl (C=O) groups is 2. The molecule has 0 aliphatic carbocycles. The molecular formula is C18H28F3N3O3S. The van der Waals surface area contributed by atoms with Crippen LogP contribution in [0.5, 0.6) is 0 Å². The van der Waals surface area contributed by atoms with Crippen LogP contribution >= 0.6 is 12.2 Å². The molecule has 6 nitrogen and oxygen atoms in total. The number of thiocarbonyl (C=S) groups is 1. The second kappa shape index (κ2) is 10.8. The average Bonchev–Trinajstić information content (AvgIpc) is 3.15. The quantitative estimate of drug-likeness (QED) is 0.441. The van der Waals surface area contributed by atoms with E-state index in [2.05, 4.69) is 26.1 Å². The highest BCUT2D eigenvalue weighted by atomic mass is 32.1. The molecule has 3 unspecified atom stereocenters. The van der Waals surface area contributed by atoms with Gasteiger partial charge in [-0.05, 0) is 24.7 Å². The van der Waals surface area contributed by atoms with E-state index in [1.807, 2.05) is 0 Å². The molecule has 0 spiro atoms. The summed E-state index contributed by atoms with van der Waals surface area (Å²) in [5.74, 6) is -1.91. The normalized spacial score (nSPS) is 22.3. The average molecular weight is 424 g/mol. The third kappa shape index (κ3) is 6.73. The van der Waals surface area contributed by atoms with Gasteiger partial charge in [-0.3, -0.25) is 9.59 Å². The van der Waals surface area contributed by atoms with Gasteiger partial charge in [0.15, 0.2) is 0 Å². The van der Waals surface area contributed by atoms with E-state index in [1.54, 1.807) is 5.32 Å². The van der Waals surface area contributed by atoms with E-state index in [0.29, 0.717) is 18.3 Å². The van der Waals surface area contributed by atoms with Crippen LogP contribution in [0.3, 0.4) is 0 Å². The van der Waals surface area contributed by atoms with Gasteiger partial charge in [-0.1, -0.05) is 39.4 Å². The molecule has 2 amide bonds. The highest BCUT2D eigenvalue weighted by molar-refractivity contribution is 7.78. The molecule has 0 aromatic carbocycles. The molecule has 0 aromatic heterocycles. The molecule has 1 heterocycles. The number of nitrogens with zero attached hydrogens (tertiary/aromatic N) is 1. The molecule has 0 saturated carbocycles. The van der Waals surface area contributed by atoms with E-state index in [4.69, 9.17) is 17.0 Å². The third-order valence-corrected chi connectivity index (χ3v) is 5.38. The fourth-order valence-corrected chi connectivity index (χ4v) is 3.17. The van der Waals surface area contributed by atoms with Gasteiger partial charge in [-0.2, -0.15) is 13.2 Å². The molecule has 28 heavy (non-hydrogen) atoms. The molecule has 0 aromatic rings. The van der Waals surface area contributed by atoms with Crippen LogP contribution < -0.4 is 10.6 Å². The Morgan fingerprint density at radius 3 is 2.46 bits per heavy atom. The van der Waals surface area contributed by atoms with Crippen LogP contribution in [-0.2, 0) is 14.3 Å². The van der Waals surface area contributed by atoms with Crippen LogP contribution in [0.2, 0.25) is 0 Å². The first-order chi connectivity index (χ1) is 13.0. The summed E-state index contributed by atoms with van der Waals surface area (Å²) >= 11 is 5.00. The van der Waals surface area contributed by atoms with Gasteiger partial charge in [0.05, 0.1) is 17.2 Å². The van der Waals surface area contributed by atoms with E-state index in [9.17, 15) is 22.8 Å². The summed E-state index contributed by atoms with van der Waals surface area (Å²) in [4.78, 5) is 24.5.